The number of rotatable bonds is 1. The molecular formula is C9H18N2O. The van der Waals surface area contributed by atoms with Crippen LogP contribution in [0.2, 0.25) is 0 Å². The van der Waals surface area contributed by atoms with Gasteiger partial charge in [0.15, 0.2) is 0 Å². The number of fused-ring (bicyclic) bond motifs is 1. The molecule has 2 atom stereocenters. The molecule has 0 unspecified atom stereocenters. The lowest BCUT2D eigenvalue weighted by Gasteiger charge is -2.42. The Morgan fingerprint density at radius 3 is 3.17 bits per heavy atom. The fraction of sp³-hybridized carbons (Fsp3) is 1.00. The molecule has 0 radical (unpaired) electrons. The SMILES string of the molecule is NC[C@H]1CN2CCCC[C@H]2CO1. The summed E-state index contributed by atoms with van der Waals surface area (Å²) in [6.07, 6.45) is 4.34. The van der Waals surface area contributed by atoms with Crippen LogP contribution < -0.4 is 5.73 Å². The van der Waals surface area contributed by atoms with Gasteiger partial charge in [0.25, 0.3) is 0 Å². The zero-order chi connectivity index (χ0) is 8.39. The molecule has 2 aliphatic heterocycles. The van der Waals surface area contributed by atoms with Crippen LogP contribution in [-0.4, -0.2) is 43.3 Å². The van der Waals surface area contributed by atoms with Crippen molar-refractivity contribution in [3.05, 3.63) is 0 Å². The average molecular weight is 170 g/mol. The lowest BCUT2D eigenvalue weighted by atomic mass is 10.0. The molecule has 0 aromatic heterocycles. The second-order valence-corrected chi connectivity index (χ2v) is 3.84. The summed E-state index contributed by atoms with van der Waals surface area (Å²) in [6, 6.07) is 0.696. The van der Waals surface area contributed by atoms with E-state index in [2.05, 4.69) is 4.90 Å². The first-order valence-electron chi connectivity index (χ1n) is 4.96. The zero-order valence-electron chi connectivity index (χ0n) is 7.54. The Morgan fingerprint density at radius 2 is 2.33 bits per heavy atom. The minimum absolute atomic E-state index is 0.291. The molecule has 2 heterocycles. The fourth-order valence-electron chi connectivity index (χ4n) is 2.19. The molecule has 0 bridgehead atoms. The van der Waals surface area contributed by atoms with Crippen molar-refractivity contribution in [1.82, 2.24) is 4.90 Å². The molecule has 0 aromatic rings. The van der Waals surface area contributed by atoms with Crippen LogP contribution in [0.25, 0.3) is 0 Å². The van der Waals surface area contributed by atoms with E-state index < -0.39 is 0 Å². The third-order valence-electron chi connectivity index (χ3n) is 2.97. The first kappa shape index (κ1) is 8.48. The second kappa shape index (κ2) is 3.73. The average Bonchev–Trinajstić information content (AvgIpc) is 2.17. The number of hydrogen-bond acceptors (Lipinski definition) is 3. The van der Waals surface area contributed by atoms with Crippen LogP contribution in [0.3, 0.4) is 0 Å². The van der Waals surface area contributed by atoms with E-state index >= 15 is 0 Å². The van der Waals surface area contributed by atoms with Gasteiger partial charge in [-0.25, -0.2) is 0 Å². The van der Waals surface area contributed by atoms with Crippen molar-refractivity contribution in [2.45, 2.75) is 31.4 Å². The summed E-state index contributed by atoms with van der Waals surface area (Å²) in [5, 5.41) is 0. The molecule has 0 saturated carbocycles. The van der Waals surface area contributed by atoms with Crippen LogP contribution in [0.1, 0.15) is 19.3 Å². The maximum Gasteiger partial charge on any atom is 0.0824 e. The Balaban J connectivity index is 1.90. The Hall–Kier alpha value is -0.120. The van der Waals surface area contributed by atoms with E-state index in [9.17, 15) is 0 Å². The van der Waals surface area contributed by atoms with E-state index in [4.69, 9.17) is 10.5 Å². The molecule has 0 aromatic carbocycles. The van der Waals surface area contributed by atoms with Crippen LogP contribution in [-0.2, 0) is 4.74 Å². The molecule has 3 heteroatoms. The Labute approximate surface area is 73.9 Å². The van der Waals surface area contributed by atoms with E-state index in [-0.39, 0.29) is 0 Å². The van der Waals surface area contributed by atoms with Crippen LogP contribution in [0.4, 0.5) is 0 Å². The highest BCUT2D eigenvalue weighted by Gasteiger charge is 2.29. The van der Waals surface area contributed by atoms with E-state index in [0.717, 1.165) is 13.2 Å². The van der Waals surface area contributed by atoms with Crippen molar-refractivity contribution in [2.24, 2.45) is 5.73 Å². The van der Waals surface area contributed by atoms with Crippen molar-refractivity contribution in [1.29, 1.82) is 0 Å². The van der Waals surface area contributed by atoms with Crippen molar-refractivity contribution in [3.8, 4) is 0 Å². The van der Waals surface area contributed by atoms with Gasteiger partial charge in [-0.05, 0) is 19.4 Å². The molecule has 0 amide bonds. The summed E-state index contributed by atoms with van der Waals surface area (Å²) >= 11 is 0. The number of hydrogen-bond donors (Lipinski definition) is 1. The number of morpholine rings is 1. The predicted molar refractivity (Wildman–Crippen MR) is 48.0 cm³/mol. The van der Waals surface area contributed by atoms with Crippen LogP contribution in [0, 0.1) is 0 Å². The summed E-state index contributed by atoms with van der Waals surface area (Å²) in [6.45, 7) is 3.89. The number of nitrogens with zero attached hydrogens (tertiary/aromatic N) is 1. The first-order valence-corrected chi connectivity index (χ1v) is 4.96. The van der Waals surface area contributed by atoms with Gasteiger partial charge in [0.1, 0.15) is 0 Å². The highest BCUT2D eigenvalue weighted by atomic mass is 16.5. The molecule has 2 saturated heterocycles. The van der Waals surface area contributed by atoms with E-state index in [1.54, 1.807) is 0 Å². The Bertz CT molecular complexity index is 151. The fourth-order valence-corrected chi connectivity index (χ4v) is 2.19. The molecule has 2 aliphatic rings. The minimum Gasteiger partial charge on any atom is -0.374 e. The van der Waals surface area contributed by atoms with Crippen molar-refractivity contribution in [3.63, 3.8) is 0 Å². The lowest BCUT2D eigenvalue weighted by molar-refractivity contribution is -0.0704. The molecule has 3 nitrogen and oxygen atoms in total. The quantitative estimate of drug-likeness (QED) is 0.611. The lowest BCUT2D eigenvalue weighted by Crippen LogP contribution is -2.53. The molecule has 0 spiro atoms. The van der Waals surface area contributed by atoms with Gasteiger partial charge in [0.05, 0.1) is 12.7 Å². The van der Waals surface area contributed by atoms with Crippen molar-refractivity contribution < 1.29 is 4.74 Å². The zero-order valence-corrected chi connectivity index (χ0v) is 7.54. The molecular weight excluding hydrogens is 152 g/mol. The van der Waals surface area contributed by atoms with Gasteiger partial charge in [-0.2, -0.15) is 0 Å². The van der Waals surface area contributed by atoms with Gasteiger partial charge in [0.2, 0.25) is 0 Å². The monoisotopic (exact) mass is 170 g/mol. The summed E-state index contributed by atoms with van der Waals surface area (Å²) in [5.74, 6) is 0. The Kier molecular flexibility index (Phi) is 2.63. The van der Waals surface area contributed by atoms with Crippen LogP contribution >= 0.6 is 0 Å². The molecule has 2 rings (SSSR count). The molecule has 70 valence electrons. The number of nitrogens with two attached hydrogens (primary N) is 1. The summed E-state index contributed by atoms with van der Waals surface area (Å²) in [5.41, 5.74) is 5.57. The third kappa shape index (κ3) is 1.63. The molecule has 0 aliphatic carbocycles. The molecule has 2 fully saturated rings. The molecule has 12 heavy (non-hydrogen) atoms. The minimum atomic E-state index is 0.291. The second-order valence-electron chi connectivity index (χ2n) is 3.84. The largest absolute Gasteiger partial charge is 0.374 e. The third-order valence-corrected chi connectivity index (χ3v) is 2.97. The number of piperidine rings is 1. The van der Waals surface area contributed by atoms with E-state index in [1.165, 1.54) is 25.8 Å². The van der Waals surface area contributed by atoms with Gasteiger partial charge in [-0.15, -0.1) is 0 Å². The topological polar surface area (TPSA) is 38.5 Å². The normalized spacial score (nSPS) is 37.8. The summed E-state index contributed by atoms with van der Waals surface area (Å²) in [7, 11) is 0. The van der Waals surface area contributed by atoms with Crippen molar-refractivity contribution in [2.75, 3.05) is 26.2 Å². The number of ether oxygens (including phenoxy) is 1. The van der Waals surface area contributed by atoms with Gasteiger partial charge in [0, 0.05) is 19.1 Å². The Morgan fingerprint density at radius 1 is 1.42 bits per heavy atom. The highest BCUT2D eigenvalue weighted by Crippen LogP contribution is 2.21. The maximum atomic E-state index is 5.63. The molecule has 2 N–H and O–H groups in total. The van der Waals surface area contributed by atoms with E-state index in [0.29, 0.717) is 18.7 Å². The predicted octanol–water partition coefficient (Wildman–Crippen LogP) is 0.198. The highest BCUT2D eigenvalue weighted by molar-refractivity contribution is 4.83. The van der Waals surface area contributed by atoms with Gasteiger partial charge in [-0.3, -0.25) is 4.90 Å². The first-order chi connectivity index (χ1) is 5.90. The van der Waals surface area contributed by atoms with Gasteiger partial charge in [-0.1, -0.05) is 6.42 Å². The maximum absolute atomic E-state index is 5.63. The van der Waals surface area contributed by atoms with Gasteiger partial charge >= 0.3 is 0 Å². The van der Waals surface area contributed by atoms with Crippen LogP contribution in [0.15, 0.2) is 0 Å². The van der Waals surface area contributed by atoms with Crippen molar-refractivity contribution >= 4 is 0 Å². The van der Waals surface area contributed by atoms with E-state index in [1.807, 2.05) is 0 Å². The van der Waals surface area contributed by atoms with Crippen LogP contribution in [0.5, 0.6) is 0 Å². The summed E-state index contributed by atoms with van der Waals surface area (Å²) in [4.78, 5) is 2.55. The summed E-state index contributed by atoms with van der Waals surface area (Å²) < 4.78 is 5.63. The standard InChI is InChI=1S/C9H18N2O/c10-5-9-6-11-4-2-1-3-8(11)7-12-9/h8-9H,1-7,10H2/t8-,9-/m0/s1. The van der Waals surface area contributed by atoms with Gasteiger partial charge < -0.3 is 10.5 Å². The smallest absolute Gasteiger partial charge is 0.0824 e.